The van der Waals surface area contributed by atoms with E-state index in [1.807, 2.05) is 6.92 Å². The fraction of sp³-hybridized carbons (Fsp3) is 0.462. The van der Waals surface area contributed by atoms with E-state index in [1.54, 1.807) is 6.92 Å². The Kier molecular flexibility index (Phi) is 5.20. The molecule has 8 heteroatoms. The minimum atomic E-state index is -1.51. The first-order chi connectivity index (χ1) is 9.74. The number of nitro benzene ring substituents is 1. The summed E-state index contributed by atoms with van der Waals surface area (Å²) in [6.45, 7) is 3.44. The quantitative estimate of drug-likeness (QED) is 0.526. The molecule has 0 aliphatic heterocycles. The second-order valence-corrected chi connectivity index (χ2v) is 4.92. The van der Waals surface area contributed by atoms with Crippen LogP contribution in [0.4, 0.5) is 15.8 Å². The molecule has 0 saturated carbocycles. The first kappa shape index (κ1) is 16.8. The molecule has 21 heavy (non-hydrogen) atoms. The standard InChI is InChI=1S/C13H17FN2O5/c1-3-13(2,4-5-17)15-10-6-8(12(18)19)11(16(20)21)7-9(10)14/h6-7,15,17H,3-5H2,1-2H3,(H,18,19). The van der Waals surface area contributed by atoms with E-state index in [4.69, 9.17) is 10.2 Å². The number of carboxylic acids is 1. The number of hydrogen-bond donors (Lipinski definition) is 3. The van der Waals surface area contributed by atoms with Crippen LogP contribution in [0.3, 0.4) is 0 Å². The van der Waals surface area contributed by atoms with Crippen molar-refractivity contribution in [3.8, 4) is 0 Å². The summed E-state index contributed by atoms with van der Waals surface area (Å²) >= 11 is 0. The Morgan fingerprint density at radius 3 is 2.57 bits per heavy atom. The normalized spacial score (nSPS) is 13.5. The molecular formula is C13H17FN2O5. The molecule has 1 atom stereocenters. The summed E-state index contributed by atoms with van der Waals surface area (Å²) in [5.41, 5.74) is -2.19. The van der Waals surface area contributed by atoms with Crippen LogP contribution in [0.5, 0.6) is 0 Å². The van der Waals surface area contributed by atoms with Gasteiger partial charge in [0.25, 0.3) is 5.69 Å². The number of benzene rings is 1. The molecule has 0 bridgehead atoms. The molecule has 0 fully saturated rings. The third-order valence-corrected chi connectivity index (χ3v) is 3.39. The Labute approximate surface area is 120 Å². The summed E-state index contributed by atoms with van der Waals surface area (Å²) in [6.07, 6.45) is 0.870. The van der Waals surface area contributed by atoms with Crippen molar-refractivity contribution in [3.05, 3.63) is 33.6 Å². The third-order valence-electron chi connectivity index (χ3n) is 3.39. The van der Waals surface area contributed by atoms with Crippen LogP contribution in [-0.4, -0.2) is 33.3 Å². The van der Waals surface area contributed by atoms with Crippen molar-refractivity contribution < 1.29 is 24.3 Å². The van der Waals surface area contributed by atoms with Crippen LogP contribution in [0, 0.1) is 15.9 Å². The molecule has 0 spiro atoms. The van der Waals surface area contributed by atoms with Crippen LogP contribution in [-0.2, 0) is 0 Å². The maximum absolute atomic E-state index is 13.9. The Bertz CT molecular complexity index is 564. The lowest BCUT2D eigenvalue weighted by Crippen LogP contribution is -2.35. The molecule has 3 N–H and O–H groups in total. The van der Waals surface area contributed by atoms with Gasteiger partial charge in [-0.05, 0) is 25.8 Å². The van der Waals surface area contributed by atoms with Crippen LogP contribution in [0.15, 0.2) is 12.1 Å². The molecule has 0 amide bonds. The van der Waals surface area contributed by atoms with Crippen molar-refractivity contribution in [2.24, 2.45) is 0 Å². The third kappa shape index (κ3) is 3.88. The molecule has 1 aromatic rings. The second-order valence-electron chi connectivity index (χ2n) is 4.92. The topological polar surface area (TPSA) is 113 Å². The molecule has 0 aliphatic rings. The number of anilines is 1. The zero-order chi connectivity index (χ0) is 16.2. The molecular weight excluding hydrogens is 283 g/mol. The van der Waals surface area contributed by atoms with Crippen LogP contribution >= 0.6 is 0 Å². The van der Waals surface area contributed by atoms with Gasteiger partial charge in [-0.15, -0.1) is 0 Å². The van der Waals surface area contributed by atoms with E-state index in [0.717, 1.165) is 6.07 Å². The number of hydrogen-bond acceptors (Lipinski definition) is 5. The lowest BCUT2D eigenvalue weighted by molar-refractivity contribution is -0.385. The number of rotatable bonds is 7. The zero-order valence-corrected chi connectivity index (χ0v) is 11.7. The van der Waals surface area contributed by atoms with Crippen LogP contribution in [0.1, 0.15) is 37.0 Å². The van der Waals surface area contributed by atoms with Gasteiger partial charge in [0.1, 0.15) is 5.56 Å². The van der Waals surface area contributed by atoms with Gasteiger partial charge in [0, 0.05) is 12.1 Å². The molecule has 116 valence electrons. The highest BCUT2D eigenvalue weighted by molar-refractivity contribution is 5.93. The number of aliphatic hydroxyl groups is 1. The number of nitrogens with zero attached hydrogens (tertiary/aromatic N) is 1. The van der Waals surface area contributed by atoms with E-state index >= 15 is 0 Å². The Morgan fingerprint density at radius 1 is 1.52 bits per heavy atom. The monoisotopic (exact) mass is 300 g/mol. The molecule has 1 aromatic carbocycles. The molecule has 7 nitrogen and oxygen atoms in total. The van der Waals surface area contributed by atoms with Gasteiger partial charge < -0.3 is 15.5 Å². The van der Waals surface area contributed by atoms with Crippen molar-refractivity contribution in [2.75, 3.05) is 11.9 Å². The van der Waals surface area contributed by atoms with E-state index < -0.39 is 33.5 Å². The predicted octanol–water partition coefficient (Wildman–Crippen LogP) is 2.40. The molecule has 1 rings (SSSR count). The number of carbonyl (C=O) groups is 1. The van der Waals surface area contributed by atoms with Gasteiger partial charge in [0.15, 0.2) is 5.82 Å². The van der Waals surface area contributed by atoms with E-state index in [9.17, 15) is 19.3 Å². The molecule has 1 unspecified atom stereocenters. The first-order valence-electron chi connectivity index (χ1n) is 6.34. The van der Waals surface area contributed by atoms with E-state index in [-0.39, 0.29) is 12.3 Å². The lowest BCUT2D eigenvalue weighted by Gasteiger charge is -2.30. The zero-order valence-electron chi connectivity index (χ0n) is 11.7. The van der Waals surface area contributed by atoms with E-state index in [1.165, 1.54) is 0 Å². The summed E-state index contributed by atoms with van der Waals surface area (Å²) < 4.78 is 13.9. The lowest BCUT2D eigenvalue weighted by atomic mass is 9.94. The van der Waals surface area contributed by atoms with Gasteiger partial charge in [0.05, 0.1) is 16.7 Å². The maximum Gasteiger partial charge on any atom is 0.342 e. The Morgan fingerprint density at radius 2 is 2.14 bits per heavy atom. The molecule has 0 heterocycles. The number of aromatic carboxylic acids is 1. The fourth-order valence-electron chi connectivity index (χ4n) is 1.88. The smallest absolute Gasteiger partial charge is 0.342 e. The summed E-state index contributed by atoms with van der Waals surface area (Å²) in [7, 11) is 0. The van der Waals surface area contributed by atoms with Gasteiger partial charge in [-0.2, -0.15) is 0 Å². The highest BCUT2D eigenvalue weighted by Crippen LogP contribution is 2.29. The van der Waals surface area contributed by atoms with Crippen molar-refractivity contribution in [3.63, 3.8) is 0 Å². The highest BCUT2D eigenvalue weighted by Gasteiger charge is 2.27. The first-order valence-corrected chi connectivity index (χ1v) is 6.34. The van der Waals surface area contributed by atoms with Crippen LogP contribution in [0.25, 0.3) is 0 Å². The predicted molar refractivity (Wildman–Crippen MR) is 74.0 cm³/mol. The van der Waals surface area contributed by atoms with Gasteiger partial charge in [0.2, 0.25) is 0 Å². The van der Waals surface area contributed by atoms with Crippen LogP contribution in [0.2, 0.25) is 0 Å². The number of aliphatic hydroxyl groups excluding tert-OH is 1. The number of nitrogens with one attached hydrogen (secondary N) is 1. The van der Waals surface area contributed by atoms with Crippen LogP contribution < -0.4 is 5.32 Å². The maximum atomic E-state index is 13.9. The summed E-state index contributed by atoms with van der Waals surface area (Å²) in [6, 6.07) is 1.49. The summed E-state index contributed by atoms with van der Waals surface area (Å²) in [4.78, 5) is 20.9. The second kappa shape index (κ2) is 6.49. The Hall–Kier alpha value is -2.22. The Balaban J connectivity index is 3.29. The summed E-state index contributed by atoms with van der Waals surface area (Å²) in [5.74, 6) is -2.42. The van der Waals surface area contributed by atoms with Crippen molar-refractivity contribution in [1.29, 1.82) is 0 Å². The van der Waals surface area contributed by atoms with Gasteiger partial charge in [-0.1, -0.05) is 6.92 Å². The van der Waals surface area contributed by atoms with E-state index in [0.29, 0.717) is 18.9 Å². The average Bonchev–Trinajstić information content (AvgIpc) is 2.40. The van der Waals surface area contributed by atoms with Gasteiger partial charge >= 0.3 is 5.97 Å². The fourth-order valence-corrected chi connectivity index (χ4v) is 1.88. The SMILES string of the molecule is CCC(C)(CCO)Nc1cc(C(=O)O)c([N+](=O)[O-])cc1F. The van der Waals surface area contributed by atoms with Crippen molar-refractivity contribution in [2.45, 2.75) is 32.2 Å². The van der Waals surface area contributed by atoms with Crippen molar-refractivity contribution in [1.82, 2.24) is 0 Å². The molecule has 0 radical (unpaired) electrons. The highest BCUT2D eigenvalue weighted by atomic mass is 19.1. The summed E-state index contributed by atoms with van der Waals surface area (Å²) in [5, 5.41) is 31.6. The minimum Gasteiger partial charge on any atom is -0.477 e. The molecule has 0 aromatic heterocycles. The number of nitro groups is 1. The largest absolute Gasteiger partial charge is 0.477 e. The van der Waals surface area contributed by atoms with Gasteiger partial charge in [-0.3, -0.25) is 10.1 Å². The van der Waals surface area contributed by atoms with Gasteiger partial charge in [-0.25, -0.2) is 9.18 Å². The molecule has 0 aliphatic carbocycles. The van der Waals surface area contributed by atoms with E-state index in [2.05, 4.69) is 5.32 Å². The number of carboxylic acid groups (broad SMARTS) is 1. The van der Waals surface area contributed by atoms with Crippen molar-refractivity contribution >= 4 is 17.3 Å². The number of halogens is 1. The minimum absolute atomic E-state index is 0.127. The molecule has 0 saturated heterocycles. The average molecular weight is 300 g/mol.